The lowest BCUT2D eigenvalue weighted by atomic mass is 10.3. The van der Waals surface area contributed by atoms with Gasteiger partial charge in [-0.25, -0.2) is 0 Å². The van der Waals surface area contributed by atoms with Gasteiger partial charge in [0.25, 0.3) is 0 Å². The number of nitrogens with one attached hydrogen (secondary N) is 1. The van der Waals surface area contributed by atoms with Gasteiger partial charge in [0.2, 0.25) is 0 Å². The Morgan fingerprint density at radius 3 is 3.05 bits per heavy atom. The van der Waals surface area contributed by atoms with Gasteiger partial charge < -0.3 is 19.7 Å². The predicted octanol–water partition coefficient (Wildman–Crippen LogP) is 0.708. The molecule has 0 radical (unpaired) electrons. The number of aryl methyl sites for hydroxylation is 1. The molecule has 0 aromatic carbocycles. The molecule has 6 nitrogen and oxygen atoms in total. The Labute approximate surface area is 114 Å². The zero-order chi connectivity index (χ0) is 13.5. The largest absolute Gasteiger partial charge is 0.389 e. The highest BCUT2D eigenvalue weighted by molar-refractivity contribution is 4.84. The van der Waals surface area contributed by atoms with Crippen LogP contribution >= 0.6 is 0 Å². The van der Waals surface area contributed by atoms with Crippen molar-refractivity contribution < 1.29 is 9.84 Å². The van der Waals surface area contributed by atoms with E-state index in [1.54, 1.807) is 6.33 Å². The number of rotatable bonds is 8. The van der Waals surface area contributed by atoms with Crippen molar-refractivity contribution in [3.8, 4) is 0 Å². The molecule has 1 atom stereocenters. The van der Waals surface area contributed by atoms with Crippen molar-refractivity contribution in [1.29, 1.82) is 0 Å². The van der Waals surface area contributed by atoms with E-state index in [9.17, 15) is 5.11 Å². The average Bonchev–Trinajstić information content (AvgIpc) is 3.07. The van der Waals surface area contributed by atoms with Crippen molar-refractivity contribution >= 4 is 0 Å². The maximum absolute atomic E-state index is 9.83. The van der Waals surface area contributed by atoms with Crippen molar-refractivity contribution in [2.75, 3.05) is 13.2 Å². The molecule has 0 spiro atoms. The first-order chi connectivity index (χ1) is 9.29. The summed E-state index contributed by atoms with van der Waals surface area (Å²) in [6.45, 7) is 4.46. The molecule has 0 bridgehead atoms. The normalized spacial score (nSPS) is 18.0. The third-order valence-electron chi connectivity index (χ3n) is 3.53. The number of hydrogen-bond donors (Lipinski definition) is 2. The molecular weight excluding hydrogens is 244 g/mol. The molecule has 0 saturated heterocycles. The van der Waals surface area contributed by atoms with Crippen molar-refractivity contribution in [2.45, 2.75) is 57.9 Å². The summed E-state index contributed by atoms with van der Waals surface area (Å²) in [7, 11) is 0. The minimum Gasteiger partial charge on any atom is -0.389 e. The summed E-state index contributed by atoms with van der Waals surface area (Å²) in [5.41, 5.74) is 0. The molecule has 19 heavy (non-hydrogen) atoms. The van der Waals surface area contributed by atoms with Crippen LogP contribution < -0.4 is 5.32 Å². The Morgan fingerprint density at radius 2 is 2.32 bits per heavy atom. The molecule has 1 saturated carbocycles. The molecule has 108 valence electrons. The van der Waals surface area contributed by atoms with Crippen LogP contribution in [0.3, 0.4) is 0 Å². The van der Waals surface area contributed by atoms with Crippen LogP contribution in [0.5, 0.6) is 0 Å². The van der Waals surface area contributed by atoms with E-state index in [1.807, 2.05) is 4.57 Å². The molecule has 2 rings (SSSR count). The van der Waals surface area contributed by atoms with Crippen LogP contribution in [0.15, 0.2) is 6.33 Å². The highest BCUT2D eigenvalue weighted by atomic mass is 16.5. The third kappa shape index (κ3) is 4.56. The summed E-state index contributed by atoms with van der Waals surface area (Å²) >= 11 is 0. The Balaban J connectivity index is 1.59. The van der Waals surface area contributed by atoms with Crippen LogP contribution in [-0.2, 0) is 17.8 Å². The molecule has 1 fully saturated rings. The van der Waals surface area contributed by atoms with E-state index < -0.39 is 6.10 Å². The maximum atomic E-state index is 9.83. The molecular formula is C13H24N4O2. The second kappa shape index (κ2) is 7.57. The smallest absolute Gasteiger partial charge is 0.146 e. The SMILES string of the molecule is CCn1cnnc1CNCC(O)COC1CCCC1. The van der Waals surface area contributed by atoms with E-state index in [-0.39, 0.29) is 0 Å². The molecule has 1 aromatic rings. The van der Waals surface area contributed by atoms with Gasteiger partial charge in [0.1, 0.15) is 12.2 Å². The van der Waals surface area contributed by atoms with Crippen LogP contribution in [0.2, 0.25) is 0 Å². The molecule has 0 aliphatic heterocycles. The van der Waals surface area contributed by atoms with Gasteiger partial charge in [-0.3, -0.25) is 0 Å². The van der Waals surface area contributed by atoms with Gasteiger partial charge in [-0.1, -0.05) is 12.8 Å². The molecule has 1 aliphatic carbocycles. The highest BCUT2D eigenvalue weighted by Crippen LogP contribution is 2.20. The first kappa shape index (κ1) is 14.4. The lowest BCUT2D eigenvalue weighted by Crippen LogP contribution is -2.32. The Bertz CT molecular complexity index is 363. The van der Waals surface area contributed by atoms with Crippen LogP contribution in [0, 0.1) is 0 Å². The van der Waals surface area contributed by atoms with Crippen LogP contribution in [0.4, 0.5) is 0 Å². The Hall–Kier alpha value is -0.980. The van der Waals surface area contributed by atoms with Crippen molar-refractivity contribution in [1.82, 2.24) is 20.1 Å². The fourth-order valence-electron chi connectivity index (χ4n) is 2.39. The minimum atomic E-state index is -0.460. The standard InChI is InChI=1S/C13H24N4O2/c1-2-17-10-15-16-13(17)8-14-7-11(18)9-19-12-5-3-4-6-12/h10-12,14,18H,2-9H2,1H3. The fourth-order valence-corrected chi connectivity index (χ4v) is 2.39. The number of ether oxygens (including phenoxy) is 1. The number of aliphatic hydroxyl groups is 1. The lowest BCUT2D eigenvalue weighted by Gasteiger charge is -2.16. The average molecular weight is 268 g/mol. The number of aliphatic hydroxyl groups excluding tert-OH is 1. The van der Waals surface area contributed by atoms with Gasteiger partial charge in [-0.2, -0.15) is 0 Å². The van der Waals surface area contributed by atoms with E-state index in [0.717, 1.165) is 25.2 Å². The molecule has 6 heteroatoms. The Kier molecular flexibility index (Phi) is 5.75. The van der Waals surface area contributed by atoms with Crippen LogP contribution in [0.1, 0.15) is 38.4 Å². The monoisotopic (exact) mass is 268 g/mol. The molecule has 1 aliphatic rings. The number of aromatic nitrogens is 3. The number of nitrogens with zero attached hydrogens (tertiary/aromatic N) is 3. The summed E-state index contributed by atoms with van der Waals surface area (Å²) < 4.78 is 7.65. The second-order valence-electron chi connectivity index (χ2n) is 5.06. The van der Waals surface area contributed by atoms with Crippen molar-refractivity contribution in [2.24, 2.45) is 0 Å². The Morgan fingerprint density at radius 1 is 1.53 bits per heavy atom. The van der Waals surface area contributed by atoms with E-state index in [4.69, 9.17) is 4.74 Å². The van der Waals surface area contributed by atoms with Gasteiger partial charge in [0.05, 0.1) is 25.4 Å². The predicted molar refractivity (Wildman–Crippen MR) is 71.6 cm³/mol. The van der Waals surface area contributed by atoms with Crippen LogP contribution in [0.25, 0.3) is 0 Å². The molecule has 0 amide bonds. The summed E-state index contributed by atoms with van der Waals surface area (Å²) in [4.78, 5) is 0. The summed E-state index contributed by atoms with van der Waals surface area (Å²) in [5, 5.41) is 20.9. The first-order valence-corrected chi connectivity index (χ1v) is 7.16. The summed E-state index contributed by atoms with van der Waals surface area (Å²) in [5.74, 6) is 0.895. The first-order valence-electron chi connectivity index (χ1n) is 7.16. The topological polar surface area (TPSA) is 72.2 Å². The zero-order valence-corrected chi connectivity index (χ0v) is 11.6. The van der Waals surface area contributed by atoms with E-state index in [0.29, 0.717) is 25.8 Å². The van der Waals surface area contributed by atoms with Gasteiger partial charge in [-0.05, 0) is 19.8 Å². The fraction of sp³-hybridized carbons (Fsp3) is 0.846. The highest BCUT2D eigenvalue weighted by Gasteiger charge is 2.16. The summed E-state index contributed by atoms with van der Waals surface area (Å²) in [6, 6.07) is 0. The van der Waals surface area contributed by atoms with E-state index >= 15 is 0 Å². The quantitative estimate of drug-likeness (QED) is 0.726. The summed E-state index contributed by atoms with van der Waals surface area (Å²) in [6.07, 6.45) is 6.41. The van der Waals surface area contributed by atoms with E-state index in [1.165, 1.54) is 12.8 Å². The second-order valence-corrected chi connectivity index (χ2v) is 5.06. The molecule has 1 heterocycles. The van der Waals surface area contributed by atoms with Gasteiger partial charge in [-0.15, -0.1) is 10.2 Å². The number of hydrogen-bond acceptors (Lipinski definition) is 5. The van der Waals surface area contributed by atoms with Crippen molar-refractivity contribution in [3.05, 3.63) is 12.2 Å². The minimum absolute atomic E-state index is 0.359. The molecule has 1 unspecified atom stereocenters. The maximum Gasteiger partial charge on any atom is 0.146 e. The van der Waals surface area contributed by atoms with Gasteiger partial charge in [0.15, 0.2) is 0 Å². The lowest BCUT2D eigenvalue weighted by molar-refractivity contribution is -0.00556. The van der Waals surface area contributed by atoms with Gasteiger partial charge >= 0.3 is 0 Å². The molecule has 1 aromatic heterocycles. The molecule has 2 N–H and O–H groups in total. The van der Waals surface area contributed by atoms with Gasteiger partial charge in [0, 0.05) is 13.1 Å². The zero-order valence-electron chi connectivity index (χ0n) is 11.6. The van der Waals surface area contributed by atoms with E-state index in [2.05, 4.69) is 22.4 Å². The van der Waals surface area contributed by atoms with Crippen molar-refractivity contribution in [3.63, 3.8) is 0 Å². The van der Waals surface area contributed by atoms with Crippen LogP contribution in [-0.4, -0.2) is 45.2 Å². The third-order valence-corrected chi connectivity index (χ3v) is 3.53.